The van der Waals surface area contributed by atoms with Crippen LogP contribution in [-0.4, -0.2) is 17.5 Å². The first kappa shape index (κ1) is 19.6. The molecule has 0 saturated heterocycles. The molecule has 0 fully saturated rings. The third-order valence-corrected chi connectivity index (χ3v) is 4.08. The van der Waals surface area contributed by atoms with Crippen LogP contribution in [0, 0.1) is 0 Å². The van der Waals surface area contributed by atoms with E-state index in [2.05, 4.69) is 0 Å². The van der Waals surface area contributed by atoms with Crippen LogP contribution >= 0.6 is 0 Å². The van der Waals surface area contributed by atoms with Crippen LogP contribution < -0.4 is 0 Å². The van der Waals surface area contributed by atoms with Crippen molar-refractivity contribution in [3.05, 3.63) is 0 Å². The van der Waals surface area contributed by atoms with E-state index in [1.807, 2.05) is 6.92 Å². The van der Waals surface area contributed by atoms with Crippen molar-refractivity contribution in [2.45, 2.75) is 109 Å². The van der Waals surface area contributed by atoms with Gasteiger partial charge in [-0.05, 0) is 19.3 Å². The van der Waals surface area contributed by atoms with Gasteiger partial charge in [0.05, 0.1) is 6.10 Å². The number of aliphatic hydroxyl groups is 1. The molecular formula is C18H36O2. The van der Waals surface area contributed by atoms with E-state index in [1.54, 1.807) is 0 Å². The molecule has 2 heteroatoms. The number of carbonyl (C=O) groups excluding carboxylic acids is 1. The van der Waals surface area contributed by atoms with Crippen molar-refractivity contribution in [1.82, 2.24) is 0 Å². The Hall–Kier alpha value is -0.370. The molecule has 0 saturated carbocycles. The van der Waals surface area contributed by atoms with E-state index in [0.717, 1.165) is 32.0 Å². The van der Waals surface area contributed by atoms with Gasteiger partial charge < -0.3 is 9.90 Å². The summed E-state index contributed by atoms with van der Waals surface area (Å²) in [4.78, 5) is 10.1. The van der Waals surface area contributed by atoms with Crippen molar-refractivity contribution >= 4 is 6.29 Å². The zero-order valence-electron chi connectivity index (χ0n) is 13.6. The van der Waals surface area contributed by atoms with E-state index < -0.39 is 0 Å². The van der Waals surface area contributed by atoms with Gasteiger partial charge in [0.2, 0.25) is 0 Å². The highest BCUT2D eigenvalue weighted by atomic mass is 16.3. The predicted octanol–water partition coefficient (Wildman–Crippen LogP) is 5.42. The molecule has 20 heavy (non-hydrogen) atoms. The highest BCUT2D eigenvalue weighted by Crippen LogP contribution is 2.13. The number of aldehydes is 1. The molecule has 0 aromatic heterocycles. The monoisotopic (exact) mass is 284 g/mol. The second-order valence-electron chi connectivity index (χ2n) is 6.05. The Kier molecular flexibility index (Phi) is 16.4. The molecule has 0 heterocycles. The normalized spacial score (nSPS) is 12.5. The molecule has 0 aliphatic rings. The average molecular weight is 284 g/mol. The molecule has 0 aliphatic carbocycles. The number of carbonyl (C=O) groups is 1. The molecule has 0 spiro atoms. The van der Waals surface area contributed by atoms with Crippen LogP contribution in [0.15, 0.2) is 0 Å². The minimum absolute atomic E-state index is 0.0680. The Morgan fingerprint density at radius 2 is 1.15 bits per heavy atom. The summed E-state index contributed by atoms with van der Waals surface area (Å²) in [6.07, 6.45) is 19.2. The van der Waals surface area contributed by atoms with Crippen LogP contribution in [-0.2, 0) is 4.79 Å². The van der Waals surface area contributed by atoms with E-state index in [4.69, 9.17) is 0 Å². The van der Waals surface area contributed by atoms with E-state index in [9.17, 15) is 9.90 Å². The summed E-state index contributed by atoms with van der Waals surface area (Å²) in [7, 11) is 0. The molecule has 1 N–H and O–H groups in total. The largest absolute Gasteiger partial charge is 0.393 e. The Labute approximate surface area is 126 Å². The minimum atomic E-state index is -0.0680. The van der Waals surface area contributed by atoms with Gasteiger partial charge >= 0.3 is 0 Å². The molecular weight excluding hydrogens is 248 g/mol. The van der Waals surface area contributed by atoms with Gasteiger partial charge in [-0.1, -0.05) is 77.6 Å². The van der Waals surface area contributed by atoms with E-state index in [1.165, 1.54) is 70.6 Å². The first-order chi connectivity index (χ1) is 9.81. The van der Waals surface area contributed by atoms with Gasteiger partial charge in [-0.25, -0.2) is 0 Å². The fourth-order valence-electron chi connectivity index (χ4n) is 2.58. The Bertz CT molecular complexity index is 192. The molecule has 120 valence electrons. The second-order valence-corrected chi connectivity index (χ2v) is 6.05. The minimum Gasteiger partial charge on any atom is -0.393 e. The van der Waals surface area contributed by atoms with E-state index in [-0.39, 0.29) is 6.10 Å². The van der Waals surface area contributed by atoms with Crippen molar-refractivity contribution in [3.8, 4) is 0 Å². The van der Waals surface area contributed by atoms with Gasteiger partial charge in [-0.2, -0.15) is 0 Å². The second kappa shape index (κ2) is 16.7. The topological polar surface area (TPSA) is 37.3 Å². The van der Waals surface area contributed by atoms with Crippen molar-refractivity contribution in [3.63, 3.8) is 0 Å². The number of hydrogen-bond donors (Lipinski definition) is 1. The Morgan fingerprint density at radius 3 is 1.55 bits per heavy atom. The van der Waals surface area contributed by atoms with Crippen LogP contribution in [0.2, 0.25) is 0 Å². The molecule has 0 rings (SSSR count). The van der Waals surface area contributed by atoms with Crippen LogP contribution in [0.3, 0.4) is 0 Å². The molecule has 1 atom stereocenters. The highest BCUT2D eigenvalue weighted by molar-refractivity contribution is 5.48. The maximum absolute atomic E-state index is 10.1. The first-order valence-corrected chi connectivity index (χ1v) is 8.93. The summed E-state index contributed by atoms with van der Waals surface area (Å²) in [5.74, 6) is 0. The third-order valence-electron chi connectivity index (χ3n) is 4.08. The number of unbranched alkanes of at least 4 members (excludes halogenated alkanes) is 12. The fourth-order valence-corrected chi connectivity index (χ4v) is 2.58. The van der Waals surface area contributed by atoms with Crippen molar-refractivity contribution in [2.75, 3.05) is 0 Å². The lowest BCUT2D eigenvalue weighted by molar-refractivity contribution is -0.107. The summed E-state index contributed by atoms with van der Waals surface area (Å²) in [5.41, 5.74) is 0. The zero-order valence-corrected chi connectivity index (χ0v) is 13.6. The summed E-state index contributed by atoms with van der Waals surface area (Å²) in [6, 6.07) is 0. The summed E-state index contributed by atoms with van der Waals surface area (Å²) in [5, 5.41) is 9.43. The summed E-state index contributed by atoms with van der Waals surface area (Å²) >= 11 is 0. The lowest BCUT2D eigenvalue weighted by Crippen LogP contribution is -2.03. The summed E-state index contributed by atoms with van der Waals surface area (Å²) < 4.78 is 0. The molecule has 0 amide bonds. The van der Waals surface area contributed by atoms with Gasteiger partial charge in [0.25, 0.3) is 0 Å². The van der Waals surface area contributed by atoms with Gasteiger partial charge in [0.15, 0.2) is 0 Å². The van der Waals surface area contributed by atoms with Crippen LogP contribution in [0.1, 0.15) is 103 Å². The molecule has 0 aromatic carbocycles. The number of aliphatic hydroxyl groups excluding tert-OH is 1. The first-order valence-electron chi connectivity index (χ1n) is 8.93. The van der Waals surface area contributed by atoms with Crippen molar-refractivity contribution < 1.29 is 9.90 Å². The molecule has 2 nitrogen and oxygen atoms in total. The maximum Gasteiger partial charge on any atom is 0.119 e. The Balaban J connectivity index is 2.97. The zero-order chi connectivity index (χ0) is 14.9. The highest BCUT2D eigenvalue weighted by Gasteiger charge is 1.99. The number of rotatable bonds is 16. The lowest BCUT2D eigenvalue weighted by Gasteiger charge is -2.06. The predicted molar refractivity (Wildman–Crippen MR) is 87.0 cm³/mol. The molecule has 0 bridgehead atoms. The van der Waals surface area contributed by atoms with Gasteiger partial charge in [-0.15, -0.1) is 0 Å². The molecule has 0 aliphatic heterocycles. The molecule has 1 unspecified atom stereocenters. The standard InChI is InChI=1S/C18H36O2/c1-2-18(20)16-14-12-10-8-6-4-3-5-7-9-11-13-15-17-19/h17-18,20H,2-16H2,1H3. The van der Waals surface area contributed by atoms with Crippen LogP contribution in [0.5, 0.6) is 0 Å². The van der Waals surface area contributed by atoms with Crippen molar-refractivity contribution in [1.29, 1.82) is 0 Å². The smallest absolute Gasteiger partial charge is 0.119 e. The van der Waals surface area contributed by atoms with Gasteiger partial charge in [0, 0.05) is 6.42 Å². The Morgan fingerprint density at radius 1 is 0.750 bits per heavy atom. The van der Waals surface area contributed by atoms with Crippen molar-refractivity contribution in [2.24, 2.45) is 0 Å². The molecule has 0 radical (unpaired) electrons. The van der Waals surface area contributed by atoms with Gasteiger partial charge in [-0.3, -0.25) is 0 Å². The van der Waals surface area contributed by atoms with Crippen LogP contribution in [0.4, 0.5) is 0 Å². The quantitative estimate of drug-likeness (QED) is 0.303. The lowest BCUT2D eigenvalue weighted by atomic mass is 10.0. The van der Waals surface area contributed by atoms with Gasteiger partial charge in [0.1, 0.15) is 6.29 Å². The third kappa shape index (κ3) is 15.7. The number of hydrogen-bond acceptors (Lipinski definition) is 2. The average Bonchev–Trinajstić information content (AvgIpc) is 2.47. The van der Waals surface area contributed by atoms with E-state index >= 15 is 0 Å². The SMILES string of the molecule is CCC(O)CCCCCCCCCCCCCCC=O. The summed E-state index contributed by atoms with van der Waals surface area (Å²) in [6.45, 7) is 2.05. The van der Waals surface area contributed by atoms with Crippen LogP contribution in [0.25, 0.3) is 0 Å². The van der Waals surface area contributed by atoms with E-state index in [0.29, 0.717) is 0 Å². The molecule has 0 aromatic rings. The maximum atomic E-state index is 10.1. The fraction of sp³-hybridized carbons (Fsp3) is 0.944.